The molecule has 0 atom stereocenters. The summed E-state index contributed by atoms with van der Waals surface area (Å²) < 4.78 is 3.65. The summed E-state index contributed by atoms with van der Waals surface area (Å²) in [7, 11) is 0. The number of nitriles is 1. The molecule has 1 N–H and O–H groups in total. The van der Waals surface area contributed by atoms with Gasteiger partial charge in [-0.3, -0.25) is 9.55 Å². The molecule has 7 heteroatoms. The highest BCUT2D eigenvalue weighted by molar-refractivity contribution is 5.92. The largest absolute Gasteiger partial charge is 0.347 e. The first-order valence-electron chi connectivity index (χ1n) is 9.31. The number of pyridine rings is 1. The van der Waals surface area contributed by atoms with Gasteiger partial charge >= 0.3 is 5.69 Å². The molecule has 0 saturated carbocycles. The lowest BCUT2D eigenvalue weighted by Gasteiger charge is -2.30. The van der Waals surface area contributed by atoms with Crippen molar-refractivity contribution in [1.29, 1.82) is 5.26 Å². The average molecular weight is 362 g/mol. The standard InChI is InChI=1S/C20H22N6O/c1-2-10-25-18-5-3-4-16(17-13-15(14-21)6-7-23-17)19(18)26(20(25)27)24-11-8-22-9-12-24/h3-7,13,22H,2,8-12H2,1H3. The molecule has 0 aliphatic carbocycles. The molecule has 27 heavy (non-hydrogen) atoms. The molecule has 0 unspecified atom stereocenters. The molecule has 0 bridgehead atoms. The maximum atomic E-state index is 13.3. The second-order valence-electron chi connectivity index (χ2n) is 6.66. The molecule has 138 valence electrons. The Bertz CT molecular complexity index is 1070. The van der Waals surface area contributed by atoms with Gasteiger partial charge in [0.2, 0.25) is 0 Å². The summed E-state index contributed by atoms with van der Waals surface area (Å²) >= 11 is 0. The van der Waals surface area contributed by atoms with Crippen LogP contribution in [0.15, 0.2) is 41.3 Å². The number of aryl methyl sites for hydroxylation is 1. The first kappa shape index (κ1) is 17.3. The van der Waals surface area contributed by atoms with Crippen molar-refractivity contribution in [1.82, 2.24) is 19.5 Å². The van der Waals surface area contributed by atoms with Crippen LogP contribution in [0.25, 0.3) is 22.3 Å². The quantitative estimate of drug-likeness (QED) is 0.764. The Balaban J connectivity index is 2.01. The van der Waals surface area contributed by atoms with E-state index >= 15 is 0 Å². The van der Waals surface area contributed by atoms with Crippen molar-refractivity contribution in [3.05, 3.63) is 52.6 Å². The van der Waals surface area contributed by atoms with E-state index < -0.39 is 0 Å². The van der Waals surface area contributed by atoms with Crippen molar-refractivity contribution in [2.75, 3.05) is 31.2 Å². The van der Waals surface area contributed by atoms with Crippen LogP contribution in [0.5, 0.6) is 0 Å². The lowest BCUT2D eigenvalue weighted by atomic mass is 10.1. The Hall–Kier alpha value is -3.11. The minimum atomic E-state index is -0.0161. The molecule has 0 spiro atoms. The number of hydrogen-bond donors (Lipinski definition) is 1. The fourth-order valence-corrected chi connectivity index (χ4v) is 3.69. The minimum Gasteiger partial charge on any atom is -0.313 e. The summed E-state index contributed by atoms with van der Waals surface area (Å²) in [6.07, 6.45) is 2.52. The van der Waals surface area contributed by atoms with E-state index in [1.807, 2.05) is 27.4 Å². The lowest BCUT2D eigenvalue weighted by Crippen LogP contribution is -2.52. The van der Waals surface area contributed by atoms with Crippen LogP contribution in [0.1, 0.15) is 18.9 Å². The molecule has 4 rings (SSSR count). The predicted octanol–water partition coefficient (Wildman–Crippen LogP) is 1.69. The van der Waals surface area contributed by atoms with E-state index in [2.05, 4.69) is 28.3 Å². The van der Waals surface area contributed by atoms with Crippen LogP contribution in [-0.4, -0.2) is 40.4 Å². The second kappa shape index (κ2) is 7.25. The molecule has 2 aromatic heterocycles. The van der Waals surface area contributed by atoms with E-state index in [1.54, 1.807) is 18.3 Å². The number of aromatic nitrogens is 3. The van der Waals surface area contributed by atoms with Gasteiger partial charge in [0.15, 0.2) is 0 Å². The topological polar surface area (TPSA) is 78.9 Å². The zero-order valence-electron chi connectivity index (χ0n) is 15.4. The lowest BCUT2D eigenvalue weighted by molar-refractivity contribution is 0.482. The number of hydrogen-bond acceptors (Lipinski definition) is 5. The molecule has 1 fully saturated rings. The number of nitrogens with one attached hydrogen (secondary N) is 1. The Labute approximate surface area is 157 Å². The summed E-state index contributed by atoms with van der Waals surface area (Å²) in [6.45, 7) is 5.97. The highest BCUT2D eigenvalue weighted by Crippen LogP contribution is 2.28. The highest BCUT2D eigenvalue weighted by Gasteiger charge is 2.22. The van der Waals surface area contributed by atoms with Crippen LogP contribution in [-0.2, 0) is 6.54 Å². The summed E-state index contributed by atoms with van der Waals surface area (Å²) in [5.41, 5.74) is 3.88. The van der Waals surface area contributed by atoms with Gasteiger partial charge in [-0.15, -0.1) is 0 Å². The predicted molar refractivity (Wildman–Crippen MR) is 105 cm³/mol. The Kier molecular flexibility index (Phi) is 4.65. The SMILES string of the molecule is CCCn1c(=O)n(N2CCNCC2)c2c(-c3cc(C#N)ccn3)cccc21. The van der Waals surface area contributed by atoms with E-state index in [9.17, 15) is 10.1 Å². The Morgan fingerprint density at radius 3 is 2.81 bits per heavy atom. The van der Waals surface area contributed by atoms with E-state index in [0.717, 1.165) is 49.2 Å². The molecule has 1 aliphatic rings. The zero-order chi connectivity index (χ0) is 18.8. The molecule has 1 saturated heterocycles. The monoisotopic (exact) mass is 362 g/mol. The number of para-hydroxylation sites is 1. The van der Waals surface area contributed by atoms with Crippen LogP contribution in [0.3, 0.4) is 0 Å². The van der Waals surface area contributed by atoms with Gasteiger partial charge in [0.05, 0.1) is 22.8 Å². The molecule has 3 aromatic rings. The maximum absolute atomic E-state index is 13.3. The fourth-order valence-electron chi connectivity index (χ4n) is 3.69. The van der Waals surface area contributed by atoms with Gasteiger partial charge in [0.1, 0.15) is 5.52 Å². The van der Waals surface area contributed by atoms with Crippen LogP contribution < -0.4 is 16.0 Å². The number of rotatable bonds is 4. The van der Waals surface area contributed by atoms with Crippen LogP contribution in [0.4, 0.5) is 0 Å². The van der Waals surface area contributed by atoms with Crippen molar-refractivity contribution in [2.45, 2.75) is 19.9 Å². The van der Waals surface area contributed by atoms with Crippen LogP contribution in [0, 0.1) is 11.3 Å². The average Bonchev–Trinajstić information content (AvgIpc) is 3.01. The van der Waals surface area contributed by atoms with Crippen molar-refractivity contribution in [3.8, 4) is 17.3 Å². The van der Waals surface area contributed by atoms with Crippen molar-refractivity contribution in [2.24, 2.45) is 0 Å². The molecule has 1 aromatic carbocycles. The normalized spacial score (nSPS) is 14.4. The smallest absolute Gasteiger partial charge is 0.313 e. The van der Waals surface area contributed by atoms with Gasteiger partial charge in [0, 0.05) is 44.5 Å². The van der Waals surface area contributed by atoms with Crippen LogP contribution in [0.2, 0.25) is 0 Å². The van der Waals surface area contributed by atoms with Gasteiger partial charge in [-0.1, -0.05) is 19.1 Å². The number of imidazole rings is 1. The number of benzene rings is 1. The molecule has 0 amide bonds. The first-order valence-corrected chi connectivity index (χ1v) is 9.31. The van der Waals surface area contributed by atoms with Crippen molar-refractivity contribution >= 4 is 11.0 Å². The van der Waals surface area contributed by atoms with E-state index in [4.69, 9.17) is 0 Å². The Morgan fingerprint density at radius 1 is 1.26 bits per heavy atom. The molecular formula is C20H22N6O. The molecule has 1 aliphatic heterocycles. The second-order valence-corrected chi connectivity index (χ2v) is 6.66. The molecule has 3 heterocycles. The summed E-state index contributed by atoms with van der Waals surface area (Å²) in [5.74, 6) is 0. The number of nitrogens with zero attached hydrogens (tertiary/aromatic N) is 5. The van der Waals surface area contributed by atoms with Gasteiger partial charge in [-0.2, -0.15) is 5.26 Å². The Morgan fingerprint density at radius 2 is 2.07 bits per heavy atom. The molecule has 0 radical (unpaired) electrons. The zero-order valence-corrected chi connectivity index (χ0v) is 15.4. The first-order chi connectivity index (χ1) is 13.2. The minimum absolute atomic E-state index is 0.0161. The van der Waals surface area contributed by atoms with E-state index in [-0.39, 0.29) is 5.69 Å². The molecular weight excluding hydrogens is 340 g/mol. The van der Waals surface area contributed by atoms with Gasteiger partial charge in [-0.05, 0) is 24.6 Å². The third-order valence-electron chi connectivity index (χ3n) is 4.92. The van der Waals surface area contributed by atoms with Gasteiger partial charge in [0.25, 0.3) is 0 Å². The number of fused-ring (bicyclic) bond motifs is 1. The number of piperazine rings is 1. The summed E-state index contributed by atoms with van der Waals surface area (Å²) in [5, 5.41) is 14.7. The maximum Gasteiger partial charge on any atom is 0.347 e. The third kappa shape index (κ3) is 2.98. The summed E-state index contributed by atoms with van der Waals surface area (Å²) in [6, 6.07) is 11.5. The van der Waals surface area contributed by atoms with E-state index in [1.165, 1.54) is 0 Å². The summed E-state index contributed by atoms with van der Waals surface area (Å²) in [4.78, 5) is 17.7. The van der Waals surface area contributed by atoms with Gasteiger partial charge < -0.3 is 10.3 Å². The van der Waals surface area contributed by atoms with Gasteiger partial charge in [-0.25, -0.2) is 9.47 Å². The fraction of sp³-hybridized carbons (Fsp3) is 0.350. The molecule has 7 nitrogen and oxygen atoms in total. The third-order valence-corrected chi connectivity index (χ3v) is 4.92. The van der Waals surface area contributed by atoms with Crippen LogP contribution >= 0.6 is 0 Å². The van der Waals surface area contributed by atoms with Crippen molar-refractivity contribution in [3.63, 3.8) is 0 Å². The van der Waals surface area contributed by atoms with Crippen molar-refractivity contribution < 1.29 is 0 Å². The highest BCUT2D eigenvalue weighted by atomic mass is 16.2. The van der Waals surface area contributed by atoms with E-state index in [0.29, 0.717) is 17.8 Å².